The van der Waals surface area contributed by atoms with Crippen LogP contribution in [0.3, 0.4) is 0 Å². The molecule has 0 aromatic heterocycles. The highest BCUT2D eigenvalue weighted by atomic mass is 79.9. The van der Waals surface area contributed by atoms with Crippen molar-refractivity contribution < 1.29 is 14.3 Å². The van der Waals surface area contributed by atoms with Gasteiger partial charge in [-0.15, -0.1) is 0 Å². The normalized spacial score (nSPS) is 19.4. The zero-order valence-corrected chi connectivity index (χ0v) is 21.2. The van der Waals surface area contributed by atoms with Crippen LogP contribution in [0.2, 0.25) is 5.02 Å². The lowest BCUT2D eigenvalue weighted by Crippen LogP contribution is -2.27. The molecule has 1 heterocycles. The van der Waals surface area contributed by atoms with Gasteiger partial charge in [0.25, 0.3) is 0 Å². The maximum atomic E-state index is 13.7. The number of ketones is 1. The van der Waals surface area contributed by atoms with E-state index in [4.69, 9.17) is 21.1 Å². The van der Waals surface area contributed by atoms with Crippen LogP contribution in [0.25, 0.3) is 0 Å². The highest BCUT2D eigenvalue weighted by Crippen LogP contribution is 2.47. The Morgan fingerprint density at radius 3 is 2.44 bits per heavy atom. The van der Waals surface area contributed by atoms with E-state index < -0.39 is 0 Å². The number of allylic oxidation sites excluding steroid dienone is 1. The summed E-state index contributed by atoms with van der Waals surface area (Å²) in [5, 5.41) is 7.86. The molecule has 7 heteroatoms. The number of nitrogens with one attached hydrogen (secondary N) is 2. The summed E-state index contributed by atoms with van der Waals surface area (Å²) in [7, 11) is 3.21. The van der Waals surface area contributed by atoms with Crippen molar-refractivity contribution >= 4 is 44.7 Å². The van der Waals surface area contributed by atoms with Crippen LogP contribution in [-0.4, -0.2) is 20.0 Å². The minimum atomic E-state index is -0.359. The van der Waals surface area contributed by atoms with Gasteiger partial charge >= 0.3 is 0 Å². The maximum absolute atomic E-state index is 13.7. The van der Waals surface area contributed by atoms with Crippen molar-refractivity contribution in [2.75, 3.05) is 24.9 Å². The number of hydrogen-bond acceptors (Lipinski definition) is 5. The number of fused-ring (bicyclic) bond motifs is 1. The van der Waals surface area contributed by atoms with Crippen LogP contribution >= 0.6 is 27.5 Å². The van der Waals surface area contributed by atoms with Gasteiger partial charge in [-0.2, -0.15) is 0 Å². The summed E-state index contributed by atoms with van der Waals surface area (Å²) in [5.41, 5.74) is 5.41. The molecule has 0 saturated carbocycles. The average Bonchev–Trinajstić information content (AvgIpc) is 3.00. The molecule has 0 fully saturated rings. The monoisotopic (exact) mass is 538 g/mol. The van der Waals surface area contributed by atoms with Crippen LogP contribution in [0.5, 0.6) is 11.5 Å². The van der Waals surface area contributed by atoms with Gasteiger partial charge in [-0.05, 0) is 69.7 Å². The summed E-state index contributed by atoms with van der Waals surface area (Å²) in [4.78, 5) is 13.7. The molecule has 5 rings (SSSR count). The minimum absolute atomic E-state index is 0.00972. The van der Waals surface area contributed by atoms with Gasteiger partial charge < -0.3 is 20.1 Å². The second-order valence-corrected chi connectivity index (χ2v) is 9.69. The lowest BCUT2D eigenvalue weighted by atomic mass is 9.78. The molecule has 2 N–H and O–H groups in total. The standard InChI is InChI=1S/C27H24BrClN2O3/c1-33-24-14-16(11-18(28)27(24)34-2)26-25-22(30-20-9-5-6-10-21(20)31-26)12-15(13-23(25)32)17-7-3-4-8-19(17)29/h3-11,14-15,26,30-31H,12-13H2,1-2H3. The molecule has 2 unspecified atom stereocenters. The van der Waals surface area contributed by atoms with Crippen LogP contribution in [0.1, 0.15) is 35.9 Å². The second kappa shape index (κ2) is 9.35. The third kappa shape index (κ3) is 4.05. The molecule has 174 valence electrons. The highest BCUT2D eigenvalue weighted by molar-refractivity contribution is 9.10. The third-order valence-corrected chi connectivity index (χ3v) is 7.38. The first-order valence-electron chi connectivity index (χ1n) is 11.0. The summed E-state index contributed by atoms with van der Waals surface area (Å²) >= 11 is 10.1. The summed E-state index contributed by atoms with van der Waals surface area (Å²) in [6, 6.07) is 19.3. The van der Waals surface area contributed by atoms with Crippen molar-refractivity contribution in [2.24, 2.45) is 0 Å². The molecule has 0 spiro atoms. The number of ether oxygens (including phenoxy) is 2. The van der Waals surface area contributed by atoms with E-state index in [0.29, 0.717) is 29.4 Å². The number of rotatable bonds is 4. The van der Waals surface area contributed by atoms with E-state index in [1.54, 1.807) is 14.2 Å². The lowest BCUT2D eigenvalue weighted by Gasteiger charge is -2.30. The minimum Gasteiger partial charge on any atom is -0.493 e. The van der Waals surface area contributed by atoms with Gasteiger partial charge in [-0.25, -0.2) is 0 Å². The van der Waals surface area contributed by atoms with Crippen LogP contribution in [0, 0.1) is 0 Å². The van der Waals surface area contributed by atoms with Gasteiger partial charge in [0.15, 0.2) is 17.3 Å². The van der Waals surface area contributed by atoms with E-state index in [-0.39, 0.29) is 17.7 Å². The number of methoxy groups -OCH3 is 2. The molecule has 34 heavy (non-hydrogen) atoms. The first kappa shape index (κ1) is 22.8. The number of carbonyl (C=O) groups is 1. The molecule has 1 aliphatic heterocycles. The molecule has 2 atom stereocenters. The largest absolute Gasteiger partial charge is 0.493 e. The number of anilines is 2. The quantitative estimate of drug-likeness (QED) is 0.370. The number of Topliss-reactive ketones (excluding diaryl/α,β-unsaturated/α-hetero) is 1. The Kier molecular flexibility index (Phi) is 6.28. The SMILES string of the molecule is COc1cc(C2Nc3ccccc3NC3=C2C(=O)CC(c2ccccc2Cl)C3)cc(Br)c1OC. The van der Waals surface area contributed by atoms with Crippen molar-refractivity contribution in [1.29, 1.82) is 0 Å². The first-order chi connectivity index (χ1) is 16.5. The smallest absolute Gasteiger partial charge is 0.174 e. The summed E-state index contributed by atoms with van der Waals surface area (Å²) in [5.74, 6) is 1.31. The number of para-hydroxylation sites is 2. The Bertz CT molecular complexity index is 1310. The van der Waals surface area contributed by atoms with Crippen molar-refractivity contribution in [3.63, 3.8) is 0 Å². The Balaban J connectivity index is 1.65. The highest BCUT2D eigenvalue weighted by Gasteiger charge is 2.37. The first-order valence-corrected chi connectivity index (χ1v) is 12.2. The van der Waals surface area contributed by atoms with Gasteiger partial charge in [-0.3, -0.25) is 4.79 Å². The topological polar surface area (TPSA) is 59.6 Å². The molecule has 3 aromatic rings. The van der Waals surface area contributed by atoms with Gasteiger partial charge in [0.05, 0.1) is 36.1 Å². The number of carbonyl (C=O) groups excluding carboxylic acids is 1. The fourth-order valence-electron chi connectivity index (χ4n) is 4.87. The van der Waals surface area contributed by atoms with E-state index in [1.807, 2.05) is 60.7 Å². The maximum Gasteiger partial charge on any atom is 0.174 e. The Morgan fingerprint density at radius 2 is 1.71 bits per heavy atom. The molecule has 2 aliphatic rings. The predicted octanol–water partition coefficient (Wildman–Crippen LogP) is 7.10. The van der Waals surface area contributed by atoms with Crippen LogP contribution in [0.4, 0.5) is 11.4 Å². The molecule has 0 bridgehead atoms. The molecule has 1 aliphatic carbocycles. The third-order valence-electron chi connectivity index (χ3n) is 6.44. The Labute approximate surface area is 212 Å². The number of hydrogen-bond donors (Lipinski definition) is 2. The second-order valence-electron chi connectivity index (χ2n) is 8.43. The van der Waals surface area contributed by atoms with E-state index in [0.717, 1.165) is 38.2 Å². The van der Waals surface area contributed by atoms with Crippen LogP contribution in [-0.2, 0) is 4.79 Å². The molecule has 3 aromatic carbocycles. The van der Waals surface area contributed by atoms with Crippen molar-refractivity contribution in [2.45, 2.75) is 24.8 Å². The zero-order chi connectivity index (χ0) is 23.8. The number of benzene rings is 3. The number of halogens is 2. The van der Waals surface area contributed by atoms with Crippen molar-refractivity contribution in [3.8, 4) is 11.5 Å². The van der Waals surface area contributed by atoms with Crippen molar-refractivity contribution in [1.82, 2.24) is 0 Å². The van der Waals surface area contributed by atoms with E-state index >= 15 is 0 Å². The zero-order valence-electron chi connectivity index (χ0n) is 18.8. The molecule has 5 nitrogen and oxygen atoms in total. The fourth-order valence-corrected chi connectivity index (χ4v) is 5.78. The fraction of sp³-hybridized carbons (Fsp3) is 0.222. The molecule has 0 saturated heterocycles. The molecular formula is C27H24BrClN2O3. The molecule has 0 radical (unpaired) electrons. The van der Waals surface area contributed by atoms with E-state index in [9.17, 15) is 4.79 Å². The average molecular weight is 540 g/mol. The van der Waals surface area contributed by atoms with Crippen LogP contribution < -0.4 is 20.1 Å². The Morgan fingerprint density at radius 1 is 0.971 bits per heavy atom. The van der Waals surface area contributed by atoms with E-state index in [2.05, 4.69) is 26.6 Å². The summed E-state index contributed by atoms with van der Waals surface area (Å²) in [6.07, 6.45) is 1.08. The predicted molar refractivity (Wildman–Crippen MR) is 139 cm³/mol. The van der Waals surface area contributed by atoms with Crippen LogP contribution in [0.15, 0.2) is 76.4 Å². The van der Waals surface area contributed by atoms with Gasteiger partial charge in [0.2, 0.25) is 0 Å². The van der Waals surface area contributed by atoms with Gasteiger partial charge in [0.1, 0.15) is 0 Å². The summed E-state index contributed by atoms with van der Waals surface area (Å²) < 4.78 is 11.8. The molecular weight excluding hydrogens is 516 g/mol. The summed E-state index contributed by atoms with van der Waals surface area (Å²) in [6.45, 7) is 0. The lowest BCUT2D eigenvalue weighted by molar-refractivity contribution is -0.116. The van der Waals surface area contributed by atoms with Gasteiger partial charge in [0, 0.05) is 22.7 Å². The Hall–Kier alpha value is -2.96. The molecule has 0 amide bonds. The van der Waals surface area contributed by atoms with Crippen molar-refractivity contribution in [3.05, 3.63) is 92.6 Å². The van der Waals surface area contributed by atoms with E-state index in [1.165, 1.54) is 0 Å². The van der Waals surface area contributed by atoms with Gasteiger partial charge in [-0.1, -0.05) is 41.9 Å².